The zero-order valence-corrected chi connectivity index (χ0v) is 17.7. The lowest BCUT2D eigenvalue weighted by Gasteiger charge is -2.23. The maximum Gasteiger partial charge on any atom is 0.283 e. The van der Waals surface area contributed by atoms with Gasteiger partial charge in [0.05, 0.1) is 12.7 Å². The molecular formula is C21H24N6O3. The second-order valence-corrected chi connectivity index (χ2v) is 7.98. The number of aromatic nitrogens is 4. The molecule has 1 amide bonds. The molecule has 30 heavy (non-hydrogen) atoms. The largest absolute Gasteiger partial charge is 0.491 e. The number of benzene rings is 1. The van der Waals surface area contributed by atoms with Crippen LogP contribution in [0.25, 0.3) is 10.9 Å². The van der Waals surface area contributed by atoms with Crippen LogP contribution in [-0.2, 0) is 6.54 Å². The lowest BCUT2D eigenvalue weighted by Crippen LogP contribution is -2.26. The van der Waals surface area contributed by atoms with E-state index in [0.717, 1.165) is 11.2 Å². The third kappa shape index (κ3) is 3.70. The van der Waals surface area contributed by atoms with Crippen molar-refractivity contribution in [2.45, 2.75) is 39.8 Å². The summed E-state index contributed by atoms with van der Waals surface area (Å²) in [5.41, 5.74) is 0.768. The van der Waals surface area contributed by atoms with E-state index < -0.39 is 11.5 Å². The van der Waals surface area contributed by atoms with Crippen molar-refractivity contribution >= 4 is 22.6 Å². The molecule has 0 unspecified atom stereocenters. The summed E-state index contributed by atoms with van der Waals surface area (Å²) in [4.78, 5) is 29.8. The number of nitrogens with zero attached hydrogens (tertiary/aromatic N) is 5. The molecule has 0 atom stereocenters. The topological polar surface area (TPSA) is 104 Å². The van der Waals surface area contributed by atoms with Gasteiger partial charge in [0, 0.05) is 30.9 Å². The molecule has 3 aromatic rings. The summed E-state index contributed by atoms with van der Waals surface area (Å²) in [6, 6.07) is 3.82. The Morgan fingerprint density at radius 2 is 1.97 bits per heavy atom. The second-order valence-electron chi connectivity index (χ2n) is 7.98. The van der Waals surface area contributed by atoms with Crippen molar-refractivity contribution in [3.8, 4) is 11.5 Å². The third-order valence-electron chi connectivity index (χ3n) is 4.55. The molecule has 2 aromatic heterocycles. The van der Waals surface area contributed by atoms with Crippen molar-refractivity contribution < 1.29 is 14.3 Å². The number of rotatable bonds is 3. The highest BCUT2D eigenvalue weighted by Crippen LogP contribution is 2.38. The maximum atomic E-state index is 12.7. The number of hydrogen-bond donors (Lipinski definition) is 1. The van der Waals surface area contributed by atoms with Crippen LogP contribution in [0.2, 0.25) is 0 Å². The first-order valence-corrected chi connectivity index (χ1v) is 9.69. The van der Waals surface area contributed by atoms with Gasteiger partial charge in [0.2, 0.25) is 5.62 Å². The quantitative estimate of drug-likeness (QED) is 0.710. The second kappa shape index (κ2) is 7.40. The summed E-state index contributed by atoms with van der Waals surface area (Å²) in [6.07, 6.45) is 2.93. The number of hydrogen-bond acceptors (Lipinski definition) is 7. The van der Waals surface area contributed by atoms with Crippen molar-refractivity contribution in [2.75, 3.05) is 19.0 Å². The molecule has 1 aliphatic heterocycles. The van der Waals surface area contributed by atoms with Gasteiger partial charge in [0.15, 0.2) is 11.5 Å². The summed E-state index contributed by atoms with van der Waals surface area (Å²) in [5, 5.41) is 4.22. The van der Waals surface area contributed by atoms with Crippen LogP contribution in [0, 0.1) is 6.92 Å². The van der Waals surface area contributed by atoms with Crippen molar-refractivity contribution in [2.24, 2.45) is 4.99 Å². The molecule has 0 aliphatic carbocycles. The van der Waals surface area contributed by atoms with Crippen molar-refractivity contribution in [1.29, 1.82) is 0 Å². The standard InChI is InChI=1S/C21H24N6O3/c1-12-23-10-13(11-24-12)19(28)26-20-25-16-14(18-22-8-9-27(18)20)6-7-15(17(16)29-5)30-21(2,3)4/h6-7,10-11,22H,8-9H2,1-5H3. The van der Waals surface area contributed by atoms with E-state index in [1.165, 1.54) is 12.4 Å². The van der Waals surface area contributed by atoms with Crippen LogP contribution < -0.4 is 20.4 Å². The molecule has 1 aromatic carbocycles. The van der Waals surface area contributed by atoms with E-state index in [-0.39, 0.29) is 0 Å². The maximum absolute atomic E-state index is 12.7. The minimum absolute atomic E-state index is 0.291. The predicted octanol–water partition coefficient (Wildman–Crippen LogP) is 2.49. The Morgan fingerprint density at radius 1 is 1.23 bits per heavy atom. The zero-order valence-electron chi connectivity index (χ0n) is 17.7. The van der Waals surface area contributed by atoms with Crippen LogP contribution in [-0.4, -0.2) is 44.7 Å². The Hall–Kier alpha value is -3.49. The van der Waals surface area contributed by atoms with E-state index in [4.69, 9.17) is 9.47 Å². The van der Waals surface area contributed by atoms with Gasteiger partial charge in [-0.1, -0.05) is 0 Å². The van der Waals surface area contributed by atoms with E-state index in [9.17, 15) is 4.79 Å². The fourth-order valence-electron chi connectivity index (χ4n) is 3.30. The Bertz CT molecular complexity index is 1190. The van der Waals surface area contributed by atoms with E-state index in [2.05, 4.69) is 25.3 Å². The summed E-state index contributed by atoms with van der Waals surface area (Å²) >= 11 is 0. The normalized spacial score (nSPS) is 13.8. The van der Waals surface area contributed by atoms with Crippen LogP contribution in [0.3, 0.4) is 0 Å². The monoisotopic (exact) mass is 408 g/mol. The van der Waals surface area contributed by atoms with E-state index in [1.54, 1.807) is 14.0 Å². The summed E-state index contributed by atoms with van der Waals surface area (Å²) in [5.74, 6) is 2.06. The number of carbonyl (C=O) groups excluding carboxylic acids is 1. The van der Waals surface area contributed by atoms with Crippen LogP contribution >= 0.6 is 0 Å². The fraction of sp³-hybridized carbons (Fsp3) is 0.381. The highest BCUT2D eigenvalue weighted by Gasteiger charge is 2.23. The summed E-state index contributed by atoms with van der Waals surface area (Å²) < 4.78 is 13.6. The van der Waals surface area contributed by atoms with E-state index in [0.29, 0.717) is 47.1 Å². The first kappa shape index (κ1) is 19.8. The Kier molecular flexibility index (Phi) is 4.89. The number of carbonyl (C=O) groups is 1. The molecule has 156 valence electrons. The minimum Gasteiger partial charge on any atom is -0.491 e. The number of amides is 1. The van der Waals surface area contributed by atoms with Gasteiger partial charge in [-0.3, -0.25) is 9.36 Å². The van der Waals surface area contributed by atoms with Crippen LogP contribution in [0.4, 0.5) is 5.82 Å². The SMILES string of the molecule is COc1c(OC(C)(C)C)ccc2c3n(c(=NC(=O)c4cnc(C)nc4)nc12)CCN3. The number of nitrogens with one attached hydrogen (secondary N) is 1. The number of ether oxygens (including phenoxy) is 2. The van der Waals surface area contributed by atoms with E-state index in [1.807, 2.05) is 37.5 Å². The van der Waals surface area contributed by atoms with Gasteiger partial charge < -0.3 is 14.8 Å². The third-order valence-corrected chi connectivity index (χ3v) is 4.55. The summed E-state index contributed by atoms with van der Waals surface area (Å²) in [6.45, 7) is 9.02. The van der Waals surface area contributed by atoms with Crippen molar-refractivity contribution in [3.05, 3.63) is 41.5 Å². The molecule has 3 heterocycles. The van der Waals surface area contributed by atoms with Gasteiger partial charge in [0.1, 0.15) is 22.8 Å². The van der Waals surface area contributed by atoms with Crippen molar-refractivity contribution in [3.63, 3.8) is 0 Å². The number of anilines is 1. The Labute approximate surface area is 173 Å². The highest BCUT2D eigenvalue weighted by atomic mass is 16.5. The molecule has 9 heteroatoms. The Morgan fingerprint density at radius 3 is 2.63 bits per heavy atom. The van der Waals surface area contributed by atoms with Crippen molar-refractivity contribution in [1.82, 2.24) is 19.5 Å². The average molecular weight is 408 g/mol. The molecule has 1 aliphatic rings. The van der Waals surface area contributed by atoms with Gasteiger partial charge in [-0.25, -0.2) is 15.0 Å². The first-order valence-electron chi connectivity index (χ1n) is 9.69. The molecule has 1 N–H and O–H groups in total. The van der Waals surface area contributed by atoms with Gasteiger partial charge in [-0.05, 0) is 39.8 Å². The van der Waals surface area contributed by atoms with Gasteiger partial charge in [-0.2, -0.15) is 4.99 Å². The van der Waals surface area contributed by atoms with Gasteiger partial charge in [-0.15, -0.1) is 0 Å². The van der Waals surface area contributed by atoms with Gasteiger partial charge >= 0.3 is 0 Å². The zero-order chi connectivity index (χ0) is 21.5. The molecular weight excluding hydrogens is 384 g/mol. The summed E-state index contributed by atoms with van der Waals surface area (Å²) in [7, 11) is 1.57. The van der Waals surface area contributed by atoms with Crippen LogP contribution in [0.15, 0.2) is 29.5 Å². The molecule has 0 radical (unpaired) electrons. The first-order chi connectivity index (χ1) is 14.3. The average Bonchev–Trinajstić information content (AvgIpc) is 3.17. The molecule has 0 bridgehead atoms. The molecule has 9 nitrogen and oxygen atoms in total. The molecule has 0 saturated heterocycles. The predicted molar refractivity (Wildman–Crippen MR) is 112 cm³/mol. The lowest BCUT2D eigenvalue weighted by molar-refractivity contribution is 0.0995. The molecule has 0 spiro atoms. The Balaban J connectivity index is 1.92. The fourth-order valence-corrected chi connectivity index (χ4v) is 3.30. The van der Waals surface area contributed by atoms with Crippen LogP contribution in [0.1, 0.15) is 37.0 Å². The smallest absolute Gasteiger partial charge is 0.283 e. The van der Waals surface area contributed by atoms with Gasteiger partial charge in [0.25, 0.3) is 5.91 Å². The molecule has 4 rings (SSSR count). The highest BCUT2D eigenvalue weighted by molar-refractivity contribution is 5.96. The number of aryl methyl sites for hydroxylation is 1. The number of fused-ring (bicyclic) bond motifs is 3. The number of methoxy groups -OCH3 is 1. The lowest BCUT2D eigenvalue weighted by atomic mass is 10.1. The molecule has 0 saturated carbocycles. The van der Waals surface area contributed by atoms with E-state index >= 15 is 0 Å². The van der Waals surface area contributed by atoms with Crippen LogP contribution in [0.5, 0.6) is 11.5 Å². The minimum atomic E-state index is -0.454. The molecule has 0 fully saturated rings.